The van der Waals surface area contributed by atoms with Gasteiger partial charge in [0.05, 0.1) is 6.61 Å². The SMILES string of the molecule is COCCNC(CN)c1ccc2c(c1)CCCN2C. The van der Waals surface area contributed by atoms with Gasteiger partial charge < -0.3 is 20.7 Å². The van der Waals surface area contributed by atoms with Crippen molar-refractivity contribution in [2.75, 3.05) is 45.3 Å². The van der Waals surface area contributed by atoms with E-state index in [4.69, 9.17) is 10.5 Å². The van der Waals surface area contributed by atoms with Gasteiger partial charge in [0, 0.05) is 45.5 Å². The van der Waals surface area contributed by atoms with Crippen LogP contribution in [0.3, 0.4) is 0 Å². The molecule has 3 N–H and O–H groups in total. The molecule has 19 heavy (non-hydrogen) atoms. The van der Waals surface area contributed by atoms with Gasteiger partial charge in [-0.25, -0.2) is 0 Å². The number of fused-ring (bicyclic) bond motifs is 1. The molecule has 1 atom stereocenters. The van der Waals surface area contributed by atoms with Gasteiger partial charge in [-0.15, -0.1) is 0 Å². The predicted molar refractivity (Wildman–Crippen MR) is 79.7 cm³/mol. The molecule has 1 aliphatic heterocycles. The van der Waals surface area contributed by atoms with E-state index in [0.29, 0.717) is 13.2 Å². The lowest BCUT2D eigenvalue weighted by molar-refractivity contribution is 0.196. The van der Waals surface area contributed by atoms with E-state index in [0.717, 1.165) is 13.1 Å². The summed E-state index contributed by atoms with van der Waals surface area (Å²) in [7, 11) is 3.88. The molecule has 2 rings (SSSR count). The van der Waals surface area contributed by atoms with Gasteiger partial charge in [-0.1, -0.05) is 12.1 Å². The highest BCUT2D eigenvalue weighted by Crippen LogP contribution is 2.28. The molecular weight excluding hydrogens is 238 g/mol. The lowest BCUT2D eigenvalue weighted by atomic mass is 9.96. The number of nitrogens with one attached hydrogen (secondary N) is 1. The van der Waals surface area contributed by atoms with Crippen LogP contribution < -0.4 is 16.0 Å². The van der Waals surface area contributed by atoms with Crippen LogP contribution in [0.1, 0.15) is 23.6 Å². The highest BCUT2D eigenvalue weighted by Gasteiger charge is 2.16. The van der Waals surface area contributed by atoms with Gasteiger partial charge in [-0.3, -0.25) is 0 Å². The predicted octanol–water partition coefficient (Wildman–Crippen LogP) is 1.30. The molecule has 0 bridgehead atoms. The van der Waals surface area contributed by atoms with Crippen molar-refractivity contribution in [3.63, 3.8) is 0 Å². The number of hydrogen-bond donors (Lipinski definition) is 2. The second-order valence-corrected chi connectivity index (χ2v) is 5.15. The van der Waals surface area contributed by atoms with E-state index in [2.05, 4.69) is 35.5 Å². The first-order valence-electron chi connectivity index (χ1n) is 7.02. The summed E-state index contributed by atoms with van der Waals surface area (Å²) in [5, 5.41) is 3.44. The van der Waals surface area contributed by atoms with Crippen LogP contribution in [0.25, 0.3) is 0 Å². The number of ether oxygens (including phenoxy) is 1. The molecule has 0 aromatic heterocycles. The van der Waals surface area contributed by atoms with Gasteiger partial charge >= 0.3 is 0 Å². The van der Waals surface area contributed by atoms with Crippen molar-refractivity contribution in [2.45, 2.75) is 18.9 Å². The average Bonchev–Trinajstić information content (AvgIpc) is 2.44. The van der Waals surface area contributed by atoms with Crippen molar-refractivity contribution in [3.05, 3.63) is 29.3 Å². The highest BCUT2D eigenvalue weighted by atomic mass is 16.5. The van der Waals surface area contributed by atoms with E-state index in [1.54, 1.807) is 7.11 Å². The van der Waals surface area contributed by atoms with Crippen molar-refractivity contribution < 1.29 is 4.74 Å². The van der Waals surface area contributed by atoms with Crippen LogP contribution in [0.5, 0.6) is 0 Å². The summed E-state index contributed by atoms with van der Waals surface area (Å²) in [5.41, 5.74) is 9.97. The van der Waals surface area contributed by atoms with E-state index in [1.807, 2.05) is 0 Å². The van der Waals surface area contributed by atoms with Gasteiger partial charge in [-0.05, 0) is 30.0 Å². The highest BCUT2D eigenvalue weighted by molar-refractivity contribution is 5.56. The Kier molecular flexibility index (Phi) is 5.19. The largest absolute Gasteiger partial charge is 0.383 e. The van der Waals surface area contributed by atoms with Crippen molar-refractivity contribution in [3.8, 4) is 0 Å². The molecule has 106 valence electrons. The molecule has 0 saturated carbocycles. The summed E-state index contributed by atoms with van der Waals surface area (Å²) in [5.74, 6) is 0. The lowest BCUT2D eigenvalue weighted by Gasteiger charge is -2.29. The van der Waals surface area contributed by atoms with Crippen LogP contribution in [-0.2, 0) is 11.2 Å². The Morgan fingerprint density at radius 3 is 3.05 bits per heavy atom. The third-order valence-electron chi connectivity index (χ3n) is 3.79. The summed E-state index contributed by atoms with van der Waals surface area (Å²) < 4.78 is 5.07. The van der Waals surface area contributed by atoms with E-state index >= 15 is 0 Å². The fourth-order valence-corrected chi connectivity index (χ4v) is 2.69. The van der Waals surface area contributed by atoms with Crippen LogP contribution in [0.15, 0.2) is 18.2 Å². The summed E-state index contributed by atoms with van der Waals surface area (Å²) in [4.78, 5) is 2.33. The Bertz CT molecular complexity index is 408. The van der Waals surface area contributed by atoms with Crippen LogP contribution in [0.4, 0.5) is 5.69 Å². The summed E-state index contributed by atoms with van der Waals surface area (Å²) in [6, 6.07) is 6.94. The van der Waals surface area contributed by atoms with Crippen LogP contribution in [-0.4, -0.2) is 40.4 Å². The topological polar surface area (TPSA) is 50.5 Å². The van der Waals surface area contributed by atoms with Crippen LogP contribution in [0.2, 0.25) is 0 Å². The molecule has 0 fully saturated rings. The normalized spacial score (nSPS) is 16.3. The van der Waals surface area contributed by atoms with Gasteiger partial charge in [0.15, 0.2) is 0 Å². The van der Waals surface area contributed by atoms with E-state index < -0.39 is 0 Å². The summed E-state index contributed by atoms with van der Waals surface area (Å²) in [6.07, 6.45) is 2.40. The molecule has 1 aromatic carbocycles. The Hall–Kier alpha value is -1.10. The number of nitrogens with zero attached hydrogens (tertiary/aromatic N) is 1. The number of rotatable bonds is 6. The molecule has 0 amide bonds. The fraction of sp³-hybridized carbons (Fsp3) is 0.600. The van der Waals surface area contributed by atoms with Gasteiger partial charge in [0.2, 0.25) is 0 Å². The number of aryl methyl sites for hydroxylation is 1. The van der Waals surface area contributed by atoms with Crippen molar-refractivity contribution in [1.82, 2.24) is 5.32 Å². The number of benzene rings is 1. The Morgan fingerprint density at radius 2 is 2.32 bits per heavy atom. The molecule has 4 heteroatoms. The van der Waals surface area contributed by atoms with Crippen molar-refractivity contribution in [1.29, 1.82) is 0 Å². The molecule has 0 saturated heterocycles. The Labute approximate surface area is 115 Å². The molecule has 1 aliphatic rings. The average molecular weight is 263 g/mol. The number of hydrogen-bond acceptors (Lipinski definition) is 4. The minimum atomic E-state index is 0.215. The number of methoxy groups -OCH3 is 1. The maximum Gasteiger partial charge on any atom is 0.0587 e. The van der Waals surface area contributed by atoms with E-state index in [-0.39, 0.29) is 6.04 Å². The third-order valence-corrected chi connectivity index (χ3v) is 3.79. The van der Waals surface area contributed by atoms with Gasteiger partial charge in [-0.2, -0.15) is 0 Å². The van der Waals surface area contributed by atoms with E-state index in [9.17, 15) is 0 Å². The van der Waals surface area contributed by atoms with Crippen molar-refractivity contribution >= 4 is 5.69 Å². The number of nitrogens with two attached hydrogens (primary N) is 1. The molecule has 1 unspecified atom stereocenters. The second kappa shape index (κ2) is 6.89. The monoisotopic (exact) mass is 263 g/mol. The molecule has 0 radical (unpaired) electrons. The zero-order valence-corrected chi connectivity index (χ0v) is 12.0. The standard InChI is InChI=1S/C15H25N3O/c1-18-8-3-4-13-10-12(5-6-15(13)18)14(11-16)17-7-9-19-2/h5-6,10,14,17H,3-4,7-9,11,16H2,1-2H3. The second-order valence-electron chi connectivity index (χ2n) is 5.15. The Morgan fingerprint density at radius 1 is 1.47 bits per heavy atom. The Balaban J connectivity index is 2.10. The first-order chi connectivity index (χ1) is 9.26. The molecule has 0 spiro atoms. The van der Waals surface area contributed by atoms with Gasteiger partial charge in [0.1, 0.15) is 0 Å². The third kappa shape index (κ3) is 3.47. The molecule has 4 nitrogen and oxygen atoms in total. The lowest BCUT2D eigenvalue weighted by Crippen LogP contribution is -2.31. The molecule has 1 aromatic rings. The number of anilines is 1. The minimum absolute atomic E-state index is 0.215. The summed E-state index contributed by atoms with van der Waals surface area (Å²) in [6.45, 7) is 3.30. The maximum atomic E-state index is 5.88. The summed E-state index contributed by atoms with van der Waals surface area (Å²) >= 11 is 0. The van der Waals surface area contributed by atoms with Crippen LogP contribution >= 0.6 is 0 Å². The van der Waals surface area contributed by atoms with Gasteiger partial charge in [0.25, 0.3) is 0 Å². The van der Waals surface area contributed by atoms with Crippen LogP contribution in [0, 0.1) is 0 Å². The van der Waals surface area contributed by atoms with Crippen molar-refractivity contribution in [2.24, 2.45) is 5.73 Å². The zero-order chi connectivity index (χ0) is 13.7. The minimum Gasteiger partial charge on any atom is -0.383 e. The molecule has 0 aliphatic carbocycles. The quantitative estimate of drug-likeness (QED) is 0.760. The zero-order valence-electron chi connectivity index (χ0n) is 12.0. The van der Waals surface area contributed by atoms with E-state index in [1.165, 1.54) is 29.7 Å². The smallest absolute Gasteiger partial charge is 0.0587 e. The first-order valence-corrected chi connectivity index (χ1v) is 7.02. The molecular formula is C15H25N3O. The first kappa shape index (κ1) is 14.3. The maximum absolute atomic E-state index is 5.88. The fourth-order valence-electron chi connectivity index (χ4n) is 2.69. The molecule has 1 heterocycles.